The highest BCUT2D eigenvalue weighted by atomic mass is 32.1. The van der Waals surface area contributed by atoms with Crippen LogP contribution in [-0.2, 0) is 6.42 Å². The molecule has 0 amide bonds. The van der Waals surface area contributed by atoms with Gasteiger partial charge in [0.05, 0.1) is 0 Å². The van der Waals surface area contributed by atoms with Gasteiger partial charge in [-0.25, -0.2) is 0 Å². The van der Waals surface area contributed by atoms with E-state index in [2.05, 4.69) is 93.1 Å². The monoisotopic (exact) mass is 586 g/mol. The highest BCUT2D eigenvalue weighted by Gasteiger charge is 2.20. The molecule has 224 valence electrons. The predicted octanol–water partition coefficient (Wildman–Crippen LogP) is 8.23. The minimum atomic E-state index is 0.299. The van der Waals surface area contributed by atoms with E-state index in [1.807, 2.05) is 12.1 Å². The van der Waals surface area contributed by atoms with Crippen LogP contribution < -0.4 is 9.47 Å². The summed E-state index contributed by atoms with van der Waals surface area (Å²) in [4.78, 5) is 6.10. The molecule has 1 aliphatic heterocycles. The van der Waals surface area contributed by atoms with Gasteiger partial charge in [-0.15, -0.1) is 11.3 Å². The summed E-state index contributed by atoms with van der Waals surface area (Å²) in [6.45, 7) is 12.4. The minimum absolute atomic E-state index is 0.299. The molecule has 1 fully saturated rings. The number of phenols is 1. The summed E-state index contributed by atoms with van der Waals surface area (Å²) in [7, 11) is 2.20. The first kappa shape index (κ1) is 30.4. The predicted molar refractivity (Wildman–Crippen MR) is 176 cm³/mol. The van der Waals surface area contributed by atoms with Crippen LogP contribution in [0.5, 0.6) is 17.2 Å². The number of fused-ring (bicyclic) bond motifs is 1. The molecule has 1 aliphatic rings. The van der Waals surface area contributed by atoms with Crippen molar-refractivity contribution in [3.8, 4) is 27.7 Å². The number of piperidine rings is 1. The fourth-order valence-corrected chi connectivity index (χ4v) is 7.35. The molecule has 1 N–H and O–H groups in total. The van der Waals surface area contributed by atoms with E-state index < -0.39 is 0 Å². The molecule has 1 atom stereocenters. The van der Waals surface area contributed by atoms with Crippen molar-refractivity contribution in [1.82, 2.24) is 9.80 Å². The lowest BCUT2D eigenvalue weighted by Gasteiger charge is -2.32. The summed E-state index contributed by atoms with van der Waals surface area (Å²) in [5, 5.41) is 11.4. The van der Waals surface area contributed by atoms with Gasteiger partial charge in [-0.1, -0.05) is 18.6 Å². The maximum atomic E-state index is 10.2. The number of hydrogen-bond acceptors (Lipinski definition) is 6. The number of rotatable bonds is 12. The molecule has 1 saturated heterocycles. The molecule has 5 rings (SSSR count). The lowest BCUT2D eigenvalue weighted by molar-refractivity contribution is 0.125. The molecule has 1 aromatic heterocycles. The van der Waals surface area contributed by atoms with E-state index in [1.165, 1.54) is 46.2 Å². The van der Waals surface area contributed by atoms with Gasteiger partial charge in [0.25, 0.3) is 0 Å². The summed E-state index contributed by atoms with van der Waals surface area (Å²) in [5.74, 6) is 2.12. The Balaban J connectivity index is 1.29. The Morgan fingerprint density at radius 1 is 0.905 bits per heavy atom. The maximum Gasteiger partial charge on any atom is 0.119 e. The van der Waals surface area contributed by atoms with Crippen LogP contribution in [0.4, 0.5) is 0 Å². The largest absolute Gasteiger partial charge is 0.508 e. The van der Waals surface area contributed by atoms with E-state index in [-0.39, 0.29) is 0 Å². The van der Waals surface area contributed by atoms with E-state index in [4.69, 9.17) is 9.47 Å². The number of thiophene rings is 1. The topological polar surface area (TPSA) is 45.2 Å². The highest BCUT2D eigenvalue weighted by molar-refractivity contribution is 7.22. The third kappa shape index (κ3) is 7.47. The van der Waals surface area contributed by atoms with E-state index in [9.17, 15) is 5.11 Å². The summed E-state index contributed by atoms with van der Waals surface area (Å²) in [6, 6.07) is 24.2. The van der Waals surface area contributed by atoms with Gasteiger partial charge in [0.1, 0.15) is 30.5 Å². The third-order valence-electron chi connectivity index (χ3n) is 8.51. The molecular weight excluding hydrogens is 540 g/mol. The summed E-state index contributed by atoms with van der Waals surface area (Å²) < 4.78 is 13.4. The van der Waals surface area contributed by atoms with Crippen molar-refractivity contribution < 1.29 is 14.6 Å². The van der Waals surface area contributed by atoms with Gasteiger partial charge in [0, 0.05) is 34.2 Å². The van der Waals surface area contributed by atoms with Crippen LogP contribution in [0.15, 0.2) is 66.7 Å². The summed E-state index contributed by atoms with van der Waals surface area (Å²) in [5.41, 5.74) is 3.69. The van der Waals surface area contributed by atoms with Gasteiger partial charge >= 0.3 is 0 Å². The molecule has 3 aromatic carbocycles. The standard InChI is InChI=1S/C36H46N2O3S/c1-25(2)38(26(3)4)20-21-40-31-14-9-27(10-15-31)22-34-33-18-13-30(39)23-35(33)42-36(34)28-11-16-32(17-12-28)41-24-29-8-6-7-19-37(29)5/h9-18,23,25-26,29,39H,6-8,19-22,24H2,1-5H3. The van der Waals surface area contributed by atoms with Gasteiger partial charge in [-0.2, -0.15) is 0 Å². The number of nitrogens with zero attached hydrogens (tertiary/aromatic N) is 2. The van der Waals surface area contributed by atoms with Gasteiger partial charge < -0.3 is 19.5 Å². The van der Waals surface area contributed by atoms with Crippen molar-refractivity contribution in [3.63, 3.8) is 0 Å². The smallest absolute Gasteiger partial charge is 0.119 e. The molecule has 2 heterocycles. The van der Waals surface area contributed by atoms with Crippen LogP contribution in [0.25, 0.3) is 20.5 Å². The average Bonchev–Trinajstić information content (AvgIpc) is 3.32. The SMILES string of the molecule is CC(C)N(CCOc1ccc(Cc2c(-c3ccc(OCC4CCCCN4C)cc3)sc3cc(O)ccc23)cc1)C(C)C. The van der Waals surface area contributed by atoms with Crippen LogP contribution >= 0.6 is 11.3 Å². The first-order valence-corrected chi connectivity index (χ1v) is 16.3. The number of likely N-dealkylation sites (N-methyl/N-ethyl adjacent to an activating group) is 1. The molecule has 4 aromatic rings. The Kier molecular flexibility index (Phi) is 10.1. The number of ether oxygens (including phenoxy) is 2. The molecule has 0 aliphatic carbocycles. The fraction of sp³-hybridized carbons (Fsp3) is 0.444. The molecule has 0 saturated carbocycles. The zero-order valence-electron chi connectivity index (χ0n) is 25.8. The van der Waals surface area contributed by atoms with Gasteiger partial charge in [0.2, 0.25) is 0 Å². The number of hydrogen-bond donors (Lipinski definition) is 1. The van der Waals surface area contributed by atoms with E-state index in [0.29, 0.717) is 30.5 Å². The first-order valence-electron chi connectivity index (χ1n) is 15.4. The second-order valence-corrected chi connectivity index (χ2v) is 13.2. The zero-order valence-corrected chi connectivity index (χ0v) is 26.6. The Bertz CT molecular complexity index is 1420. The maximum absolute atomic E-state index is 10.2. The van der Waals surface area contributed by atoms with Gasteiger partial charge in [-0.3, -0.25) is 4.90 Å². The highest BCUT2D eigenvalue weighted by Crippen LogP contribution is 2.41. The lowest BCUT2D eigenvalue weighted by Crippen LogP contribution is -2.40. The lowest BCUT2D eigenvalue weighted by atomic mass is 9.99. The summed E-state index contributed by atoms with van der Waals surface area (Å²) in [6.07, 6.45) is 4.58. The average molecular weight is 587 g/mol. The fourth-order valence-electron chi connectivity index (χ4n) is 6.09. The second-order valence-electron chi connectivity index (χ2n) is 12.2. The van der Waals surface area contributed by atoms with Crippen molar-refractivity contribution in [2.45, 2.75) is 71.5 Å². The van der Waals surface area contributed by atoms with Gasteiger partial charge in [0.15, 0.2) is 0 Å². The van der Waals surface area contributed by atoms with Crippen LogP contribution in [0.3, 0.4) is 0 Å². The molecular formula is C36H46N2O3S. The normalized spacial score (nSPS) is 16.1. The van der Waals surface area contributed by atoms with Crippen LogP contribution in [0, 0.1) is 0 Å². The van der Waals surface area contributed by atoms with Crippen molar-refractivity contribution >= 4 is 21.4 Å². The Hall–Kier alpha value is -3.06. The Labute approximate surface area is 255 Å². The molecule has 5 nitrogen and oxygen atoms in total. The molecule has 6 heteroatoms. The number of phenolic OH excluding ortho intramolecular Hbond substituents is 1. The van der Waals surface area contributed by atoms with E-state index >= 15 is 0 Å². The van der Waals surface area contributed by atoms with Crippen LogP contribution in [0.2, 0.25) is 0 Å². The molecule has 1 unspecified atom stereocenters. The number of benzene rings is 3. The van der Waals surface area contributed by atoms with Crippen molar-refractivity contribution in [2.75, 3.05) is 33.4 Å². The molecule has 0 radical (unpaired) electrons. The third-order valence-corrected chi connectivity index (χ3v) is 9.75. The Morgan fingerprint density at radius 2 is 1.60 bits per heavy atom. The quantitative estimate of drug-likeness (QED) is 0.181. The van der Waals surface area contributed by atoms with Crippen LogP contribution in [-0.4, -0.2) is 66.4 Å². The molecule has 0 spiro atoms. The van der Waals surface area contributed by atoms with E-state index in [0.717, 1.165) is 42.3 Å². The Morgan fingerprint density at radius 3 is 2.29 bits per heavy atom. The van der Waals surface area contributed by atoms with Crippen molar-refractivity contribution in [1.29, 1.82) is 0 Å². The number of likely N-dealkylation sites (tertiary alicyclic amines) is 1. The molecule has 42 heavy (non-hydrogen) atoms. The van der Waals surface area contributed by atoms with Crippen LogP contribution in [0.1, 0.15) is 58.1 Å². The van der Waals surface area contributed by atoms with Gasteiger partial charge in [-0.05, 0) is 137 Å². The van der Waals surface area contributed by atoms with Crippen molar-refractivity contribution in [2.24, 2.45) is 0 Å². The number of aromatic hydroxyl groups is 1. The first-order chi connectivity index (χ1) is 20.3. The minimum Gasteiger partial charge on any atom is -0.508 e. The zero-order chi connectivity index (χ0) is 29.6. The summed E-state index contributed by atoms with van der Waals surface area (Å²) >= 11 is 1.74. The second kappa shape index (κ2) is 13.9. The molecule has 0 bridgehead atoms. The van der Waals surface area contributed by atoms with E-state index in [1.54, 1.807) is 17.4 Å². The van der Waals surface area contributed by atoms with Crippen molar-refractivity contribution in [3.05, 3.63) is 77.9 Å².